The predicted octanol–water partition coefficient (Wildman–Crippen LogP) is 4.11. The van der Waals surface area contributed by atoms with Gasteiger partial charge in [0.2, 0.25) is 11.7 Å². The Morgan fingerprint density at radius 3 is 2.66 bits per heavy atom. The van der Waals surface area contributed by atoms with E-state index in [0.29, 0.717) is 5.56 Å². The standard InChI is InChI=1S/C21H18F2N4O2/c1-12-6-16-17(24-12)4-3-5-18(16)25-21-26-20(28)19(29-2)11-27(21)10-13-7-14(22)9-15(23)8-13/h3-9,11,24H,10H2,1-2H3,(H,25,26,28). The van der Waals surface area contributed by atoms with E-state index in [9.17, 15) is 13.6 Å². The fourth-order valence-electron chi connectivity index (χ4n) is 3.26. The Labute approximate surface area is 164 Å². The molecular formula is C21H18F2N4O2. The summed E-state index contributed by atoms with van der Waals surface area (Å²) >= 11 is 0. The van der Waals surface area contributed by atoms with Crippen LogP contribution in [0.4, 0.5) is 20.4 Å². The smallest absolute Gasteiger partial charge is 0.316 e. The Balaban J connectivity index is 1.79. The molecule has 2 heterocycles. The van der Waals surface area contributed by atoms with Gasteiger partial charge < -0.3 is 19.6 Å². The number of hydrogen-bond acceptors (Lipinski definition) is 4. The maximum Gasteiger partial charge on any atom is 0.316 e. The third-order valence-electron chi connectivity index (χ3n) is 4.50. The van der Waals surface area contributed by atoms with Gasteiger partial charge in [-0.2, -0.15) is 4.98 Å². The van der Waals surface area contributed by atoms with Crippen molar-refractivity contribution in [1.82, 2.24) is 14.5 Å². The lowest BCUT2D eigenvalue weighted by Gasteiger charge is -2.16. The number of nitrogens with zero attached hydrogens (tertiary/aromatic N) is 2. The van der Waals surface area contributed by atoms with E-state index in [1.54, 1.807) is 4.57 Å². The molecular weight excluding hydrogens is 378 g/mol. The molecule has 2 N–H and O–H groups in total. The van der Waals surface area contributed by atoms with Crippen LogP contribution in [0.2, 0.25) is 0 Å². The monoisotopic (exact) mass is 396 g/mol. The molecule has 0 aliphatic rings. The summed E-state index contributed by atoms with van der Waals surface area (Å²) < 4.78 is 33.9. The topological polar surface area (TPSA) is 71.9 Å². The molecule has 0 bridgehead atoms. The molecule has 6 nitrogen and oxygen atoms in total. The highest BCUT2D eigenvalue weighted by Gasteiger charge is 2.13. The van der Waals surface area contributed by atoms with Gasteiger partial charge in [-0.1, -0.05) is 6.07 Å². The number of hydrogen-bond donors (Lipinski definition) is 2. The van der Waals surface area contributed by atoms with Crippen molar-refractivity contribution < 1.29 is 13.5 Å². The van der Waals surface area contributed by atoms with E-state index in [1.807, 2.05) is 31.2 Å². The van der Waals surface area contributed by atoms with Crippen LogP contribution < -0.4 is 15.6 Å². The Bertz CT molecular complexity index is 1240. The lowest BCUT2D eigenvalue weighted by Crippen LogP contribution is -2.18. The van der Waals surface area contributed by atoms with E-state index in [2.05, 4.69) is 15.3 Å². The average molecular weight is 396 g/mol. The minimum atomic E-state index is -0.678. The molecule has 4 aromatic rings. The van der Waals surface area contributed by atoms with Crippen LogP contribution in [0.5, 0.6) is 5.75 Å². The second-order valence-corrected chi connectivity index (χ2v) is 6.69. The van der Waals surface area contributed by atoms with E-state index >= 15 is 0 Å². The molecule has 0 radical (unpaired) electrons. The lowest BCUT2D eigenvalue weighted by molar-refractivity contribution is 0.402. The third-order valence-corrected chi connectivity index (χ3v) is 4.50. The molecule has 0 unspecified atom stereocenters. The summed E-state index contributed by atoms with van der Waals surface area (Å²) in [7, 11) is 1.36. The number of aromatic nitrogens is 3. The number of aromatic amines is 1. The summed E-state index contributed by atoms with van der Waals surface area (Å²) in [6, 6.07) is 10.9. The van der Waals surface area contributed by atoms with Gasteiger partial charge in [-0.3, -0.25) is 4.79 Å². The van der Waals surface area contributed by atoms with Gasteiger partial charge in [0.1, 0.15) is 11.6 Å². The molecule has 0 spiro atoms. The van der Waals surface area contributed by atoms with Crippen molar-refractivity contribution in [3.05, 3.63) is 81.9 Å². The molecule has 0 aliphatic carbocycles. The summed E-state index contributed by atoms with van der Waals surface area (Å²) in [5.41, 5.74) is 2.50. The van der Waals surface area contributed by atoms with Crippen LogP contribution in [0.15, 0.2) is 53.5 Å². The number of ether oxygens (including phenoxy) is 1. The SMILES string of the molecule is COc1cn(Cc2cc(F)cc(F)c2)c(Nc2cccc3[nH]c(C)cc23)nc1=O. The Morgan fingerprint density at radius 1 is 1.17 bits per heavy atom. The molecule has 148 valence electrons. The fourth-order valence-corrected chi connectivity index (χ4v) is 3.26. The highest BCUT2D eigenvalue weighted by Crippen LogP contribution is 2.27. The zero-order valence-corrected chi connectivity index (χ0v) is 15.8. The molecule has 0 aliphatic heterocycles. The van der Waals surface area contributed by atoms with Crippen LogP contribution in [0.1, 0.15) is 11.3 Å². The largest absolute Gasteiger partial charge is 0.490 e. The Morgan fingerprint density at radius 2 is 1.93 bits per heavy atom. The van der Waals surface area contributed by atoms with E-state index < -0.39 is 17.2 Å². The minimum Gasteiger partial charge on any atom is -0.490 e. The minimum absolute atomic E-state index is 0.0307. The van der Waals surface area contributed by atoms with Crippen LogP contribution in [-0.4, -0.2) is 21.6 Å². The van der Waals surface area contributed by atoms with Gasteiger partial charge in [0.25, 0.3) is 0 Å². The van der Waals surface area contributed by atoms with Gasteiger partial charge in [0.15, 0.2) is 0 Å². The molecule has 0 saturated heterocycles. The fraction of sp³-hybridized carbons (Fsp3) is 0.143. The molecule has 0 fully saturated rings. The first-order valence-electron chi connectivity index (χ1n) is 8.89. The normalized spacial score (nSPS) is 11.0. The zero-order chi connectivity index (χ0) is 20.5. The van der Waals surface area contributed by atoms with Gasteiger partial charge in [-0.25, -0.2) is 8.78 Å². The number of H-pyrrole nitrogens is 1. The molecule has 29 heavy (non-hydrogen) atoms. The second-order valence-electron chi connectivity index (χ2n) is 6.69. The Hall–Kier alpha value is -3.68. The number of halogens is 2. The van der Waals surface area contributed by atoms with Crippen LogP contribution in [0.25, 0.3) is 10.9 Å². The van der Waals surface area contributed by atoms with Gasteiger partial charge in [0.05, 0.1) is 25.5 Å². The van der Waals surface area contributed by atoms with Gasteiger partial charge in [-0.15, -0.1) is 0 Å². The maximum absolute atomic E-state index is 13.6. The number of methoxy groups -OCH3 is 1. The lowest BCUT2D eigenvalue weighted by atomic mass is 10.2. The summed E-state index contributed by atoms with van der Waals surface area (Å²) in [4.78, 5) is 19.5. The van der Waals surface area contributed by atoms with Crippen molar-refractivity contribution in [2.75, 3.05) is 12.4 Å². The highest BCUT2D eigenvalue weighted by atomic mass is 19.1. The first-order valence-corrected chi connectivity index (χ1v) is 8.89. The molecule has 0 saturated carbocycles. The van der Waals surface area contributed by atoms with Crippen molar-refractivity contribution in [3.63, 3.8) is 0 Å². The van der Waals surface area contributed by atoms with Gasteiger partial charge in [0, 0.05) is 22.7 Å². The van der Waals surface area contributed by atoms with E-state index in [4.69, 9.17) is 4.74 Å². The molecule has 2 aromatic heterocycles. The zero-order valence-electron chi connectivity index (χ0n) is 15.8. The number of fused-ring (bicyclic) bond motifs is 1. The van der Waals surface area contributed by atoms with Gasteiger partial charge in [-0.05, 0) is 42.8 Å². The molecule has 2 aromatic carbocycles. The van der Waals surface area contributed by atoms with E-state index in [0.717, 1.165) is 28.4 Å². The van der Waals surface area contributed by atoms with Crippen LogP contribution >= 0.6 is 0 Å². The van der Waals surface area contributed by atoms with Crippen molar-refractivity contribution in [2.24, 2.45) is 0 Å². The molecule has 0 amide bonds. The van der Waals surface area contributed by atoms with Crippen molar-refractivity contribution in [2.45, 2.75) is 13.5 Å². The molecule has 0 atom stereocenters. The predicted molar refractivity (Wildman–Crippen MR) is 107 cm³/mol. The number of nitrogens with one attached hydrogen (secondary N) is 2. The van der Waals surface area contributed by atoms with Crippen LogP contribution in [0.3, 0.4) is 0 Å². The van der Waals surface area contributed by atoms with E-state index in [1.165, 1.54) is 25.4 Å². The number of rotatable bonds is 5. The number of aryl methyl sites for hydroxylation is 1. The first-order chi connectivity index (χ1) is 13.9. The third kappa shape index (κ3) is 3.82. The number of anilines is 2. The van der Waals surface area contributed by atoms with Crippen molar-refractivity contribution >= 4 is 22.5 Å². The summed E-state index contributed by atoms with van der Waals surface area (Å²) in [5.74, 6) is -1.10. The van der Waals surface area contributed by atoms with Crippen molar-refractivity contribution in [1.29, 1.82) is 0 Å². The highest BCUT2D eigenvalue weighted by molar-refractivity contribution is 5.93. The second kappa shape index (κ2) is 7.38. The van der Waals surface area contributed by atoms with Crippen LogP contribution in [0, 0.1) is 18.6 Å². The Kier molecular flexibility index (Phi) is 4.75. The summed E-state index contributed by atoms with van der Waals surface area (Å²) in [5, 5.41) is 4.09. The van der Waals surface area contributed by atoms with E-state index in [-0.39, 0.29) is 18.2 Å². The molecule has 4 rings (SSSR count). The average Bonchev–Trinajstić information content (AvgIpc) is 3.04. The molecule has 8 heteroatoms. The number of benzene rings is 2. The quantitative estimate of drug-likeness (QED) is 0.533. The van der Waals surface area contributed by atoms with Gasteiger partial charge >= 0.3 is 5.56 Å². The maximum atomic E-state index is 13.6. The summed E-state index contributed by atoms with van der Waals surface area (Å²) in [6.45, 7) is 2.03. The summed E-state index contributed by atoms with van der Waals surface area (Å²) in [6.07, 6.45) is 1.46. The first kappa shape index (κ1) is 18.7. The van der Waals surface area contributed by atoms with Crippen LogP contribution in [-0.2, 0) is 6.54 Å². The van der Waals surface area contributed by atoms with Crippen molar-refractivity contribution in [3.8, 4) is 5.75 Å².